The van der Waals surface area contributed by atoms with Crippen molar-refractivity contribution in [3.05, 3.63) is 16.7 Å². The van der Waals surface area contributed by atoms with Gasteiger partial charge in [-0.1, -0.05) is 6.42 Å². The second-order valence-corrected chi connectivity index (χ2v) is 8.53. The number of rotatable bonds is 7. The summed E-state index contributed by atoms with van der Waals surface area (Å²) in [6.07, 6.45) is 5.23. The number of hydrogen-bond acceptors (Lipinski definition) is 5. The third kappa shape index (κ3) is 6.48. The van der Waals surface area contributed by atoms with Crippen LogP contribution in [0.4, 0.5) is 14.5 Å². The number of nitrogens with zero attached hydrogens (tertiary/aromatic N) is 2. The summed E-state index contributed by atoms with van der Waals surface area (Å²) in [6, 6.07) is 1.41. The van der Waals surface area contributed by atoms with Crippen LogP contribution in [0.5, 0.6) is 5.88 Å². The minimum atomic E-state index is -3.58. The number of likely N-dealkylation sites (tertiary alicyclic amines) is 1. The molecular weight excluding hydrogens is 408 g/mol. The summed E-state index contributed by atoms with van der Waals surface area (Å²) in [5, 5.41) is 0. The number of sulfonamides is 1. The molecule has 1 aliphatic heterocycles. The average Bonchev–Trinajstić information content (AvgIpc) is 2.45. The van der Waals surface area contributed by atoms with E-state index >= 15 is 0 Å². The Bertz CT molecular complexity index is 667. The Kier molecular flexibility index (Phi) is 6.38. The predicted molar refractivity (Wildman–Crippen MR) is 91.1 cm³/mol. The fourth-order valence-electron chi connectivity index (χ4n) is 2.48. The molecule has 0 saturated carbocycles. The number of nitrogens with one attached hydrogen (secondary N) is 1. The lowest BCUT2D eigenvalue weighted by molar-refractivity contribution is -0.0685. The van der Waals surface area contributed by atoms with Crippen LogP contribution in [0.3, 0.4) is 0 Å². The third-order valence-electron chi connectivity index (χ3n) is 3.44. The van der Waals surface area contributed by atoms with Crippen molar-refractivity contribution in [2.45, 2.75) is 25.2 Å². The Morgan fingerprint density at radius 3 is 2.67 bits per heavy atom. The molecule has 1 aromatic heterocycles. The molecule has 136 valence electrons. The summed E-state index contributed by atoms with van der Waals surface area (Å²) >= 11 is 3.15. The van der Waals surface area contributed by atoms with Crippen LogP contribution in [0.15, 0.2) is 16.7 Å². The van der Waals surface area contributed by atoms with Crippen molar-refractivity contribution in [2.75, 3.05) is 37.2 Å². The highest BCUT2D eigenvalue weighted by Crippen LogP contribution is 2.28. The summed E-state index contributed by atoms with van der Waals surface area (Å²) in [5.41, 5.74) is 0.0145. The maximum atomic E-state index is 14.1. The van der Waals surface area contributed by atoms with E-state index < -0.39 is 22.6 Å². The van der Waals surface area contributed by atoms with Crippen molar-refractivity contribution in [1.29, 1.82) is 0 Å². The molecule has 2 heterocycles. The van der Waals surface area contributed by atoms with Crippen LogP contribution >= 0.6 is 15.9 Å². The molecule has 1 N–H and O–H groups in total. The van der Waals surface area contributed by atoms with Crippen molar-refractivity contribution in [1.82, 2.24) is 9.88 Å². The minimum Gasteiger partial charge on any atom is -0.470 e. The second-order valence-electron chi connectivity index (χ2n) is 5.86. The molecule has 2 rings (SSSR count). The number of ether oxygens (including phenoxy) is 1. The Morgan fingerprint density at radius 2 is 2.04 bits per heavy atom. The normalized spacial score (nSPS) is 16.8. The lowest BCUT2D eigenvalue weighted by Crippen LogP contribution is -2.43. The zero-order chi connectivity index (χ0) is 17.8. The standard InChI is InChI=1S/C14H20BrF2N3O3S/c1-24(21,22)19-12-7-11(15)8-18-13(12)23-10-14(16,17)9-20-5-3-2-4-6-20/h7-8,19H,2-6,9-10H2,1H3. The first-order valence-corrected chi connectivity index (χ1v) is 10.2. The van der Waals surface area contributed by atoms with Gasteiger partial charge < -0.3 is 4.74 Å². The SMILES string of the molecule is CS(=O)(=O)Nc1cc(Br)cnc1OCC(F)(F)CN1CCCCC1. The molecule has 0 aliphatic carbocycles. The highest BCUT2D eigenvalue weighted by atomic mass is 79.9. The first kappa shape index (κ1) is 19.3. The maximum Gasteiger partial charge on any atom is 0.293 e. The van der Waals surface area contributed by atoms with E-state index in [1.807, 2.05) is 0 Å². The smallest absolute Gasteiger partial charge is 0.293 e. The molecule has 0 spiro atoms. The van der Waals surface area contributed by atoms with Crippen molar-refractivity contribution in [3.63, 3.8) is 0 Å². The zero-order valence-corrected chi connectivity index (χ0v) is 15.7. The highest BCUT2D eigenvalue weighted by molar-refractivity contribution is 9.10. The van der Waals surface area contributed by atoms with Crippen LogP contribution in [-0.4, -0.2) is 56.7 Å². The summed E-state index contributed by atoms with van der Waals surface area (Å²) in [7, 11) is -3.58. The molecule has 1 saturated heterocycles. The molecule has 0 bridgehead atoms. The summed E-state index contributed by atoms with van der Waals surface area (Å²) < 4.78 is 58.7. The lowest BCUT2D eigenvalue weighted by atomic mass is 10.1. The van der Waals surface area contributed by atoms with Gasteiger partial charge in [-0.25, -0.2) is 22.2 Å². The molecular formula is C14H20BrF2N3O3S. The van der Waals surface area contributed by atoms with Gasteiger partial charge in [0.15, 0.2) is 6.61 Å². The first-order valence-electron chi connectivity index (χ1n) is 7.51. The first-order chi connectivity index (χ1) is 11.1. The van der Waals surface area contributed by atoms with E-state index in [1.165, 1.54) is 12.3 Å². The number of halogens is 3. The monoisotopic (exact) mass is 427 g/mol. The molecule has 1 aliphatic rings. The van der Waals surface area contributed by atoms with Gasteiger partial charge in [-0.2, -0.15) is 0 Å². The van der Waals surface area contributed by atoms with Crippen molar-refractivity contribution in [3.8, 4) is 5.88 Å². The van der Waals surface area contributed by atoms with E-state index in [1.54, 1.807) is 4.90 Å². The highest BCUT2D eigenvalue weighted by Gasteiger charge is 2.33. The van der Waals surface area contributed by atoms with E-state index in [2.05, 4.69) is 25.6 Å². The van der Waals surface area contributed by atoms with Gasteiger partial charge in [0.2, 0.25) is 15.9 Å². The summed E-state index contributed by atoms with van der Waals surface area (Å²) in [6.45, 7) is 0.0783. The van der Waals surface area contributed by atoms with E-state index in [-0.39, 0.29) is 18.1 Å². The summed E-state index contributed by atoms with van der Waals surface area (Å²) in [4.78, 5) is 5.59. The van der Waals surface area contributed by atoms with Crippen LogP contribution in [-0.2, 0) is 10.0 Å². The van der Waals surface area contributed by atoms with E-state index in [4.69, 9.17) is 4.74 Å². The van der Waals surface area contributed by atoms with Gasteiger partial charge in [-0.05, 0) is 47.9 Å². The van der Waals surface area contributed by atoms with Crippen LogP contribution < -0.4 is 9.46 Å². The fraction of sp³-hybridized carbons (Fsp3) is 0.643. The average molecular weight is 428 g/mol. The summed E-state index contributed by atoms with van der Waals surface area (Å²) in [5.74, 6) is -3.23. The lowest BCUT2D eigenvalue weighted by Gasteiger charge is -2.30. The number of piperidine rings is 1. The number of pyridine rings is 1. The molecule has 0 atom stereocenters. The van der Waals surface area contributed by atoms with Crippen LogP contribution in [0.1, 0.15) is 19.3 Å². The molecule has 0 aromatic carbocycles. The molecule has 10 heteroatoms. The zero-order valence-electron chi connectivity index (χ0n) is 13.3. The van der Waals surface area contributed by atoms with E-state index in [9.17, 15) is 17.2 Å². The minimum absolute atomic E-state index is 0.0145. The molecule has 1 fully saturated rings. The van der Waals surface area contributed by atoms with Gasteiger partial charge in [-0.15, -0.1) is 0 Å². The molecule has 0 radical (unpaired) electrons. The predicted octanol–water partition coefficient (Wildman–Crippen LogP) is 2.72. The van der Waals surface area contributed by atoms with Crippen molar-refractivity contribution < 1.29 is 21.9 Å². The van der Waals surface area contributed by atoms with Gasteiger partial charge in [0, 0.05) is 10.7 Å². The van der Waals surface area contributed by atoms with E-state index in [0.29, 0.717) is 17.6 Å². The fourth-order valence-corrected chi connectivity index (χ4v) is 3.36. The maximum absolute atomic E-state index is 14.1. The topological polar surface area (TPSA) is 71.5 Å². The van der Waals surface area contributed by atoms with Crippen molar-refractivity contribution >= 4 is 31.6 Å². The van der Waals surface area contributed by atoms with Crippen LogP contribution in [0, 0.1) is 0 Å². The van der Waals surface area contributed by atoms with Gasteiger partial charge >= 0.3 is 0 Å². The van der Waals surface area contributed by atoms with Crippen molar-refractivity contribution in [2.24, 2.45) is 0 Å². The second kappa shape index (κ2) is 7.92. The quantitative estimate of drug-likeness (QED) is 0.723. The number of alkyl halides is 2. The van der Waals surface area contributed by atoms with Gasteiger partial charge in [0.05, 0.1) is 12.8 Å². The van der Waals surface area contributed by atoms with Crippen LogP contribution in [0.2, 0.25) is 0 Å². The Labute approximate surface area is 148 Å². The molecule has 24 heavy (non-hydrogen) atoms. The molecule has 0 unspecified atom stereocenters. The number of anilines is 1. The van der Waals surface area contributed by atoms with Gasteiger partial charge in [0.1, 0.15) is 5.69 Å². The number of hydrogen-bond donors (Lipinski definition) is 1. The Hall–Kier alpha value is -1.00. The Morgan fingerprint density at radius 1 is 1.38 bits per heavy atom. The largest absolute Gasteiger partial charge is 0.470 e. The third-order valence-corrected chi connectivity index (χ3v) is 4.46. The van der Waals surface area contributed by atoms with E-state index in [0.717, 1.165) is 25.5 Å². The van der Waals surface area contributed by atoms with Gasteiger partial charge in [0.25, 0.3) is 5.92 Å². The molecule has 0 amide bonds. The van der Waals surface area contributed by atoms with Gasteiger partial charge in [-0.3, -0.25) is 9.62 Å². The molecule has 1 aromatic rings. The number of aromatic nitrogens is 1. The van der Waals surface area contributed by atoms with Crippen LogP contribution in [0.25, 0.3) is 0 Å². The molecule has 6 nitrogen and oxygen atoms in total. The Balaban J connectivity index is 2.01.